The normalized spacial score (nSPS) is 17.0. The molecular weight excluding hydrogens is 420 g/mol. The molecule has 0 spiro atoms. The van der Waals surface area contributed by atoms with Gasteiger partial charge in [0, 0.05) is 41.3 Å². The van der Waals surface area contributed by atoms with Crippen LogP contribution in [0.5, 0.6) is 0 Å². The largest absolute Gasteiger partial charge is 0.367 e. The Morgan fingerprint density at radius 2 is 1.97 bits per heavy atom. The summed E-state index contributed by atoms with van der Waals surface area (Å²) in [4.78, 5) is 28.3. The lowest BCUT2D eigenvalue weighted by Gasteiger charge is -2.12. The van der Waals surface area contributed by atoms with Crippen molar-refractivity contribution in [3.8, 4) is 5.69 Å². The molecule has 10 nitrogen and oxygen atoms in total. The molecule has 1 saturated carbocycles. The maximum absolute atomic E-state index is 12.0. The van der Waals surface area contributed by atoms with Crippen LogP contribution in [0, 0.1) is 0 Å². The van der Waals surface area contributed by atoms with Crippen LogP contribution in [0.2, 0.25) is 0 Å². The molecule has 4 aromatic rings. The molecule has 164 valence electrons. The van der Waals surface area contributed by atoms with Crippen molar-refractivity contribution in [3.05, 3.63) is 66.1 Å². The molecule has 2 amide bonds. The molecule has 0 atom stereocenters. The fourth-order valence-corrected chi connectivity index (χ4v) is 3.76. The van der Waals surface area contributed by atoms with Crippen LogP contribution in [0.15, 0.2) is 60.6 Å². The second kappa shape index (κ2) is 7.59. The molecule has 3 N–H and O–H groups in total. The number of imide groups is 1. The number of aromatic nitrogens is 5. The first kappa shape index (κ1) is 19.2. The topological polar surface area (TPSA) is 118 Å². The molecule has 6 rings (SSSR count). The Hall–Kier alpha value is -4.47. The summed E-state index contributed by atoms with van der Waals surface area (Å²) in [6.45, 7) is 0. The Morgan fingerprint density at radius 1 is 1.12 bits per heavy atom. The number of rotatable bonds is 6. The molecule has 0 bridgehead atoms. The zero-order chi connectivity index (χ0) is 22.4. The van der Waals surface area contributed by atoms with E-state index >= 15 is 0 Å². The van der Waals surface area contributed by atoms with E-state index in [4.69, 9.17) is 4.98 Å². The standard InChI is InChI=1S/C23H20N8O2/c32-21-11-14(23(33)29-21)10-15-13-25-31-20(27-17-2-3-17)12-19(28-22(15)31)26-16-4-6-18(7-5-16)30-9-1-8-24-30/h1,4-10,12-13,17,27H,2-3,11H2,(H,26,28)(H,29,32,33)/b14-10+. The molecule has 1 saturated heterocycles. The molecule has 1 aliphatic heterocycles. The van der Waals surface area contributed by atoms with Crippen LogP contribution >= 0.6 is 0 Å². The highest BCUT2D eigenvalue weighted by Crippen LogP contribution is 2.29. The van der Waals surface area contributed by atoms with Gasteiger partial charge in [-0.2, -0.15) is 14.7 Å². The van der Waals surface area contributed by atoms with E-state index in [2.05, 4.69) is 26.1 Å². The molecule has 10 heteroatoms. The zero-order valence-corrected chi connectivity index (χ0v) is 17.5. The second-order valence-electron chi connectivity index (χ2n) is 8.13. The van der Waals surface area contributed by atoms with Gasteiger partial charge in [-0.1, -0.05) is 0 Å². The summed E-state index contributed by atoms with van der Waals surface area (Å²) in [5.41, 5.74) is 3.50. The van der Waals surface area contributed by atoms with Crippen molar-refractivity contribution in [2.75, 3.05) is 10.6 Å². The van der Waals surface area contributed by atoms with Crippen LogP contribution in [-0.2, 0) is 9.59 Å². The molecule has 3 aromatic heterocycles. The SMILES string of the molecule is O=C1C/C(=C\c2cnn3c(NC4CC4)cc(Nc4ccc(-n5cccn5)cc4)nc23)C(=O)N1. The Morgan fingerprint density at radius 3 is 2.67 bits per heavy atom. The van der Waals surface area contributed by atoms with E-state index in [1.54, 1.807) is 27.7 Å². The zero-order valence-electron chi connectivity index (χ0n) is 17.5. The number of fused-ring (bicyclic) bond motifs is 1. The van der Waals surface area contributed by atoms with Gasteiger partial charge in [0.2, 0.25) is 5.91 Å². The quantitative estimate of drug-likeness (QED) is 0.312. The maximum atomic E-state index is 12.0. The van der Waals surface area contributed by atoms with E-state index < -0.39 is 0 Å². The summed E-state index contributed by atoms with van der Waals surface area (Å²) in [5, 5.41) is 17.9. The smallest absolute Gasteiger partial charge is 0.254 e. The highest BCUT2D eigenvalue weighted by molar-refractivity contribution is 6.15. The van der Waals surface area contributed by atoms with Gasteiger partial charge in [0.25, 0.3) is 5.91 Å². The minimum Gasteiger partial charge on any atom is -0.367 e. The predicted molar refractivity (Wildman–Crippen MR) is 122 cm³/mol. The van der Waals surface area contributed by atoms with Crippen LogP contribution in [-0.4, -0.2) is 42.2 Å². The number of amides is 2. The Balaban J connectivity index is 1.35. The third-order valence-electron chi connectivity index (χ3n) is 5.56. The van der Waals surface area contributed by atoms with Gasteiger partial charge in [-0.3, -0.25) is 14.9 Å². The van der Waals surface area contributed by atoms with Crippen LogP contribution in [0.4, 0.5) is 17.3 Å². The van der Waals surface area contributed by atoms with Gasteiger partial charge in [-0.25, -0.2) is 9.67 Å². The van der Waals surface area contributed by atoms with Gasteiger partial charge in [0.1, 0.15) is 11.6 Å². The van der Waals surface area contributed by atoms with Crippen molar-refractivity contribution in [1.82, 2.24) is 29.7 Å². The number of hydrogen-bond donors (Lipinski definition) is 3. The van der Waals surface area contributed by atoms with Gasteiger partial charge in [-0.05, 0) is 49.2 Å². The molecular formula is C23H20N8O2. The number of carbonyl (C=O) groups excluding carboxylic acids is 2. The molecule has 33 heavy (non-hydrogen) atoms. The highest BCUT2D eigenvalue weighted by atomic mass is 16.2. The van der Waals surface area contributed by atoms with E-state index in [1.165, 1.54) is 0 Å². The Kier molecular flexibility index (Phi) is 4.42. The molecule has 1 aliphatic carbocycles. The van der Waals surface area contributed by atoms with Gasteiger partial charge < -0.3 is 10.6 Å². The van der Waals surface area contributed by atoms with Gasteiger partial charge in [0.05, 0.1) is 18.3 Å². The number of nitrogens with one attached hydrogen (secondary N) is 3. The number of anilines is 3. The molecule has 1 aromatic carbocycles. The molecule has 2 fully saturated rings. The molecule has 0 unspecified atom stereocenters. The van der Waals surface area contributed by atoms with Gasteiger partial charge >= 0.3 is 0 Å². The third-order valence-corrected chi connectivity index (χ3v) is 5.56. The van der Waals surface area contributed by atoms with Crippen LogP contribution in [0.1, 0.15) is 24.8 Å². The third kappa shape index (κ3) is 3.82. The predicted octanol–water partition coefficient (Wildman–Crippen LogP) is 2.66. The fourth-order valence-electron chi connectivity index (χ4n) is 3.76. The summed E-state index contributed by atoms with van der Waals surface area (Å²) >= 11 is 0. The number of benzene rings is 1. The van der Waals surface area contributed by atoms with E-state index in [0.717, 1.165) is 30.0 Å². The van der Waals surface area contributed by atoms with Crippen LogP contribution in [0.25, 0.3) is 17.4 Å². The highest BCUT2D eigenvalue weighted by Gasteiger charge is 2.25. The van der Waals surface area contributed by atoms with Crippen molar-refractivity contribution in [3.63, 3.8) is 0 Å². The van der Waals surface area contributed by atoms with Crippen molar-refractivity contribution >= 4 is 40.9 Å². The van der Waals surface area contributed by atoms with Gasteiger partial charge in [0.15, 0.2) is 5.65 Å². The summed E-state index contributed by atoms with van der Waals surface area (Å²) in [6.07, 6.45) is 9.25. The molecule has 2 aliphatic rings. The van der Waals surface area contributed by atoms with E-state index in [0.29, 0.717) is 28.6 Å². The lowest BCUT2D eigenvalue weighted by atomic mass is 10.1. The summed E-state index contributed by atoms with van der Waals surface area (Å²) < 4.78 is 3.52. The average Bonchev–Trinajstić information content (AvgIpc) is 3.17. The minimum absolute atomic E-state index is 0.0594. The van der Waals surface area contributed by atoms with Gasteiger partial charge in [-0.15, -0.1) is 0 Å². The first-order valence-electron chi connectivity index (χ1n) is 10.7. The molecule has 4 heterocycles. The van der Waals surface area contributed by atoms with Crippen molar-refractivity contribution in [1.29, 1.82) is 0 Å². The Bertz CT molecular complexity index is 1400. The lowest BCUT2D eigenvalue weighted by molar-refractivity contribution is -0.124. The maximum Gasteiger partial charge on any atom is 0.254 e. The van der Waals surface area contributed by atoms with E-state index in [9.17, 15) is 9.59 Å². The number of carbonyl (C=O) groups is 2. The first-order valence-corrected chi connectivity index (χ1v) is 10.7. The van der Waals surface area contributed by atoms with Crippen LogP contribution < -0.4 is 16.0 Å². The lowest BCUT2D eigenvalue weighted by Crippen LogP contribution is -2.19. The minimum atomic E-state index is -0.373. The van der Waals surface area contributed by atoms with E-state index in [1.807, 2.05) is 42.6 Å². The second-order valence-corrected chi connectivity index (χ2v) is 8.13. The summed E-state index contributed by atoms with van der Waals surface area (Å²) in [6, 6.07) is 12.1. The average molecular weight is 440 g/mol. The summed E-state index contributed by atoms with van der Waals surface area (Å²) in [7, 11) is 0. The van der Waals surface area contributed by atoms with Crippen molar-refractivity contribution in [2.24, 2.45) is 0 Å². The van der Waals surface area contributed by atoms with Crippen molar-refractivity contribution in [2.45, 2.75) is 25.3 Å². The fraction of sp³-hybridized carbons (Fsp3) is 0.174. The van der Waals surface area contributed by atoms with Crippen molar-refractivity contribution < 1.29 is 9.59 Å². The molecule has 0 radical (unpaired) electrons. The van der Waals surface area contributed by atoms with Crippen LogP contribution in [0.3, 0.4) is 0 Å². The first-order chi connectivity index (χ1) is 16.1. The van der Waals surface area contributed by atoms with E-state index in [-0.39, 0.29) is 18.2 Å². The number of hydrogen-bond acceptors (Lipinski definition) is 7. The number of nitrogens with zero attached hydrogens (tertiary/aromatic N) is 5. The summed E-state index contributed by atoms with van der Waals surface area (Å²) in [5.74, 6) is 0.786. The monoisotopic (exact) mass is 440 g/mol. The Labute approximate surface area is 188 Å².